The van der Waals surface area contributed by atoms with Gasteiger partial charge in [-0.3, -0.25) is 4.52 Å². The first-order chi connectivity index (χ1) is 6.59. The summed E-state index contributed by atoms with van der Waals surface area (Å²) in [5.74, 6) is 0.938. The van der Waals surface area contributed by atoms with E-state index in [1.54, 1.807) is 38.1 Å². The van der Waals surface area contributed by atoms with Gasteiger partial charge in [-0.1, -0.05) is 12.1 Å². The summed E-state index contributed by atoms with van der Waals surface area (Å²) in [6.07, 6.45) is -0.199. The Morgan fingerprint density at radius 2 is 1.71 bits per heavy atom. The topological polar surface area (TPSA) is 44.8 Å². The largest absolute Gasteiger partial charge is 0.588 e. The van der Waals surface area contributed by atoms with Crippen LogP contribution in [0.2, 0.25) is 0 Å². The van der Waals surface area contributed by atoms with Crippen LogP contribution in [0.3, 0.4) is 0 Å². The van der Waals surface area contributed by atoms with Crippen molar-refractivity contribution in [3.8, 4) is 11.5 Å². The predicted octanol–water partition coefficient (Wildman–Crippen LogP) is 2.99. The Kier molecular flexibility index (Phi) is 2.25. The molecule has 0 fully saturated rings. The van der Waals surface area contributed by atoms with Gasteiger partial charge >= 0.3 is 7.82 Å². The van der Waals surface area contributed by atoms with Crippen molar-refractivity contribution in [3.63, 3.8) is 0 Å². The molecule has 5 heteroatoms. The third-order valence-corrected chi connectivity index (χ3v) is 3.13. The second-order valence-electron chi connectivity index (χ2n) is 3.23. The van der Waals surface area contributed by atoms with Crippen molar-refractivity contribution in [1.29, 1.82) is 0 Å². The molecule has 1 aliphatic heterocycles. The maximum Gasteiger partial charge on any atom is 0.588 e. The first-order valence-corrected chi connectivity index (χ1v) is 5.82. The summed E-state index contributed by atoms with van der Waals surface area (Å²) in [5, 5.41) is 0. The molecular weight excluding hydrogens is 203 g/mol. The molecule has 1 aromatic carbocycles. The number of hydrogen-bond acceptors (Lipinski definition) is 4. The molecule has 0 unspecified atom stereocenters. The Balaban J connectivity index is 2.22. The number of benzene rings is 1. The van der Waals surface area contributed by atoms with Crippen LogP contribution in [0.5, 0.6) is 11.5 Å². The van der Waals surface area contributed by atoms with Gasteiger partial charge in [-0.25, -0.2) is 4.57 Å². The number of phosphoric acid groups is 1. The van der Waals surface area contributed by atoms with E-state index in [9.17, 15) is 4.57 Å². The quantitative estimate of drug-likeness (QED) is 0.710. The van der Waals surface area contributed by atoms with Crippen molar-refractivity contribution in [2.75, 3.05) is 0 Å². The molecule has 1 aliphatic rings. The lowest BCUT2D eigenvalue weighted by Crippen LogP contribution is -2.04. The molecule has 2 rings (SSSR count). The molecule has 1 heterocycles. The molecule has 0 aromatic heterocycles. The SMILES string of the molecule is CC(C)OP1(=O)Oc2ccccc2O1. The first kappa shape index (κ1) is 9.56. The highest BCUT2D eigenvalue weighted by atomic mass is 31.2. The fraction of sp³-hybridized carbons (Fsp3) is 0.333. The zero-order valence-electron chi connectivity index (χ0n) is 7.97. The molecule has 0 bridgehead atoms. The van der Waals surface area contributed by atoms with Crippen LogP contribution < -0.4 is 9.05 Å². The molecule has 0 atom stereocenters. The summed E-state index contributed by atoms with van der Waals surface area (Å²) in [5.41, 5.74) is 0. The van der Waals surface area contributed by atoms with Crippen LogP contribution in [-0.4, -0.2) is 6.10 Å². The minimum absolute atomic E-state index is 0.199. The van der Waals surface area contributed by atoms with Crippen LogP contribution in [0, 0.1) is 0 Å². The van der Waals surface area contributed by atoms with E-state index in [1.807, 2.05) is 0 Å². The van der Waals surface area contributed by atoms with E-state index in [4.69, 9.17) is 13.6 Å². The van der Waals surface area contributed by atoms with Gasteiger partial charge < -0.3 is 9.05 Å². The Morgan fingerprint density at radius 3 is 2.14 bits per heavy atom. The zero-order chi connectivity index (χ0) is 10.2. The van der Waals surface area contributed by atoms with E-state index in [-0.39, 0.29) is 6.10 Å². The van der Waals surface area contributed by atoms with Gasteiger partial charge in [-0.15, -0.1) is 0 Å². The van der Waals surface area contributed by atoms with Crippen LogP contribution in [0.15, 0.2) is 24.3 Å². The van der Waals surface area contributed by atoms with E-state index >= 15 is 0 Å². The maximum atomic E-state index is 11.8. The summed E-state index contributed by atoms with van der Waals surface area (Å²) >= 11 is 0. The lowest BCUT2D eigenvalue weighted by Gasteiger charge is -2.11. The maximum absolute atomic E-state index is 11.8. The number of para-hydroxylation sites is 2. The molecule has 0 radical (unpaired) electrons. The van der Waals surface area contributed by atoms with Crippen LogP contribution in [-0.2, 0) is 9.09 Å². The Hall–Kier alpha value is -0.990. The van der Waals surface area contributed by atoms with Gasteiger partial charge in [0, 0.05) is 0 Å². The van der Waals surface area contributed by atoms with Gasteiger partial charge in [0.2, 0.25) is 0 Å². The molecule has 0 amide bonds. The number of rotatable bonds is 2. The van der Waals surface area contributed by atoms with Crippen molar-refractivity contribution < 1.29 is 18.1 Å². The van der Waals surface area contributed by atoms with Gasteiger partial charge in [0.05, 0.1) is 6.10 Å². The van der Waals surface area contributed by atoms with Gasteiger partial charge in [-0.2, -0.15) is 0 Å². The molecule has 76 valence electrons. The highest BCUT2D eigenvalue weighted by Crippen LogP contribution is 2.59. The minimum atomic E-state index is -3.41. The van der Waals surface area contributed by atoms with Crippen molar-refractivity contribution in [3.05, 3.63) is 24.3 Å². The third kappa shape index (κ3) is 1.76. The highest BCUT2D eigenvalue weighted by molar-refractivity contribution is 7.49. The lowest BCUT2D eigenvalue weighted by molar-refractivity contribution is 0.180. The number of hydrogen-bond donors (Lipinski definition) is 0. The average Bonchev–Trinajstić information content (AvgIpc) is 2.38. The smallest absolute Gasteiger partial charge is 0.391 e. The Labute approximate surface area is 82.4 Å². The van der Waals surface area contributed by atoms with Gasteiger partial charge in [0.25, 0.3) is 0 Å². The average molecular weight is 214 g/mol. The van der Waals surface area contributed by atoms with Crippen molar-refractivity contribution in [2.45, 2.75) is 20.0 Å². The molecule has 1 aromatic rings. The van der Waals surface area contributed by atoms with E-state index in [0.29, 0.717) is 11.5 Å². The summed E-state index contributed by atoms with van der Waals surface area (Å²) < 4.78 is 27.1. The van der Waals surface area contributed by atoms with Gasteiger partial charge in [0.15, 0.2) is 11.5 Å². The molecule has 14 heavy (non-hydrogen) atoms. The number of fused-ring (bicyclic) bond motifs is 1. The number of phosphoric ester groups is 1. The molecule has 4 nitrogen and oxygen atoms in total. The van der Waals surface area contributed by atoms with Gasteiger partial charge in [-0.05, 0) is 26.0 Å². The molecule has 0 saturated carbocycles. The van der Waals surface area contributed by atoms with E-state index < -0.39 is 7.82 Å². The lowest BCUT2D eigenvalue weighted by atomic mass is 10.3. The third-order valence-electron chi connectivity index (χ3n) is 1.61. The highest BCUT2D eigenvalue weighted by Gasteiger charge is 2.39. The molecular formula is C9H11O4P. The second kappa shape index (κ2) is 3.30. The zero-order valence-corrected chi connectivity index (χ0v) is 8.86. The minimum Gasteiger partial charge on any atom is -0.391 e. The fourth-order valence-corrected chi connectivity index (χ4v) is 2.58. The Bertz CT molecular complexity index is 359. The van der Waals surface area contributed by atoms with E-state index in [2.05, 4.69) is 0 Å². The van der Waals surface area contributed by atoms with Gasteiger partial charge in [0.1, 0.15) is 0 Å². The van der Waals surface area contributed by atoms with Crippen LogP contribution in [0.4, 0.5) is 0 Å². The van der Waals surface area contributed by atoms with E-state index in [0.717, 1.165) is 0 Å². The van der Waals surface area contributed by atoms with Crippen molar-refractivity contribution in [1.82, 2.24) is 0 Å². The van der Waals surface area contributed by atoms with Crippen LogP contribution in [0.1, 0.15) is 13.8 Å². The summed E-state index contributed by atoms with van der Waals surface area (Å²) in [4.78, 5) is 0. The van der Waals surface area contributed by atoms with Crippen molar-refractivity contribution in [2.24, 2.45) is 0 Å². The predicted molar refractivity (Wildman–Crippen MR) is 51.5 cm³/mol. The molecule has 0 aliphatic carbocycles. The molecule has 0 N–H and O–H groups in total. The Morgan fingerprint density at radius 1 is 1.21 bits per heavy atom. The van der Waals surface area contributed by atoms with Crippen LogP contribution >= 0.6 is 7.82 Å². The van der Waals surface area contributed by atoms with Crippen LogP contribution in [0.25, 0.3) is 0 Å². The summed E-state index contributed by atoms with van der Waals surface area (Å²) in [6, 6.07) is 6.96. The molecule has 0 saturated heterocycles. The van der Waals surface area contributed by atoms with Crippen molar-refractivity contribution >= 4 is 7.82 Å². The second-order valence-corrected chi connectivity index (χ2v) is 4.70. The first-order valence-electron chi connectivity index (χ1n) is 4.36. The monoisotopic (exact) mass is 214 g/mol. The van der Waals surface area contributed by atoms with E-state index in [1.165, 1.54) is 0 Å². The normalized spacial score (nSPS) is 17.4. The summed E-state index contributed by atoms with van der Waals surface area (Å²) in [7, 11) is -3.41. The standard InChI is InChI=1S/C9H11O4P/c1-7(2)11-14(10)12-8-5-3-4-6-9(8)13-14/h3-7H,1-2H3. The molecule has 0 spiro atoms. The fourth-order valence-electron chi connectivity index (χ4n) is 1.16. The summed E-state index contributed by atoms with van der Waals surface area (Å²) in [6.45, 7) is 3.55.